The van der Waals surface area contributed by atoms with Gasteiger partial charge in [0.1, 0.15) is 5.75 Å². The summed E-state index contributed by atoms with van der Waals surface area (Å²) in [6.45, 7) is 0.273. The Kier molecular flexibility index (Phi) is 4.35. The van der Waals surface area contributed by atoms with Crippen LogP contribution in [0.5, 0.6) is 5.75 Å². The predicted molar refractivity (Wildman–Crippen MR) is 93.6 cm³/mol. The van der Waals surface area contributed by atoms with Crippen LogP contribution in [0.4, 0.5) is 13.2 Å². The summed E-state index contributed by atoms with van der Waals surface area (Å²) < 4.78 is 46.8. The van der Waals surface area contributed by atoms with E-state index in [0.717, 1.165) is 6.07 Å². The molecule has 0 spiro atoms. The first-order valence-electron chi connectivity index (χ1n) is 8.84. The number of ether oxygens (including phenoxy) is 1. The molecule has 2 aliphatic rings. The van der Waals surface area contributed by atoms with E-state index in [2.05, 4.69) is 0 Å². The van der Waals surface area contributed by atoms with Gasteiger partial charge in [0.2, 0.25) is 5.60 Å². The summed E-state index contributed by atoms with van der Waals surface area (Å²) in [5, 5.41) is 20.1. The molecule has 0 radical (unpaired) electrons. The maximum atomic E-state index is 13.8. The van der Waals surface area contributed by atoms with E-state index in [1.54, 1.807) is 6.07 Å². The Morgan fingerprint density at radius 3 is 2.57 bits per heavy atom. The van der Waals surface area contributed by atoms with Crippen molar-refractivity contribution in [2.75, 3.05) is 19.7 Å². The summed E-state index contributed by atoms with van der Waals surface area (Å²) in [4.78, 5) is 13.6. The first kappa shape index (κ1) is 18.8. The van der Waals surface area contributed by atoms with Crippen LogP contribution in [0.15, 0.2) is 42.5 Å². The number of fused-ring (bicyclic) bond motifs is 3. The molecule has 1 saturated heterocycles. The number of halogens is 3. The number of alkyl halides is 3. The van der Waals surface area contributed by atoms with E-state index in [1.165, 1.54) is 35.2 Å². The van der Waals surface area contributed by atoms with Gasteiger partial charge in [-0.3, -0.25) is 4.79 Å². The summed E-state index contributed by atoms with van der Waals surface area (Å²) >= 11 is 0. The Balaban J connectivity index is 1.62. The minimum atomic E-state index is -4.92. The molecule has 5 nitrogen and oxygen atoms in total. The Morgan fingerprint density at radius 2 is 1.89 bits per heavy atom. The van der Waals surface area contributed by atoms with Crippen molar-refractivity contribution in [2.45, 2.75) is 24.3 Å². The van der Waals surface area contributed by atoms with Gasteiger partial charge in [-0.05, 0) is 29.7 Å². The van der Waals surface area contributed by atoms with Gasteiger partial charge in [0.15, 0.2) is 6.61 Å². The molecule has 0 bridgehead atoms. The standard InChI is InChI=1S/C20H18F3NO4/c21-20(22,23)19(27)16-4-2-1-3-14(16)15-6-5-13(9-17(15)19)28-11-18(26)24-8-7-12(25)10-24/h1-6,9,12,25,27H,7-8,10-11H2/t12-,19-/m1/s1. The molecule has 0 aromatic heterocycles. The van der Waals surface area contributed by atoms with Crippen LogP contribution in [0.1, 0.15) is 17.5 Å². The van der Waals surface area contributed by atoms with Crippen LogP contribution in [0.25, 0.3) is 11.1 Å². The number of β-amino-alcohol motifs (C(OH)–C–C–N with tert-alkyl or cyclic N) is 1. The normalized spacial score (nSPS) is 23.5. The topological polar surface area (TPSA) is 70.0 Å². The highest BCUT2D eigenvalue weighted by Gasteiger charge is 2.60. The lowest BCUT2D eigenvalue weighted by molar-refractivity contribution is -0.246. The molecule has 0 unspecified atom stereocenters. The monoisotopic (exact) mass is 393 g/mol. The first-order valence-corrected chi connectivity index (χ1v) is 8.84. The first-order chi connectivity index (χ1) is 13.2. The summed E-state index contributed by atoms with van der Waals surface area (Å²) in [6.07, 6.45) is -5.00. The van der Waals surface area contributed by atoms with Crippen LogP contribution in [0, 0.1) is 0 Å². The molecule has 2 aromatic rings. The van der Waals surface area contributed by atoms with Gasteiger partial charge in [0.05, 0.1) is 6.10 Å². The van der Waals surface area contributed by atoms with Crippen molar-refractivity contribution < 1.29 is 32.9 Å². The maximum absolute atomic E-state index is 13.8. The number of likely N-dealkylation sites (tertiary alicyclic amines) is 1. The van der Waals surface area contributed by atoms with Crippen LogP contribution in [-0.2, 0) is 10.4 Å². The number of nitrogens with zero attached hydrogens (tertiary/aromatic N) is 1. The van der Waals surface area contributed by atoms with Crippen molar-refractivity contribution in [1.82, 2.24) is 4.90 Å². The third kappa shape index (κ3) is 2.84. The number of carbonyl (C=O) groups is 1. The minimum absolute atomic E-state index is 0.0577. The number of carbonyl (C=O) groups excluding carboxylic acids is 1. The zero-order chi connectivity index (χ0) is 20.1. The largest absolute Gasteiger partial charge is 0.484 e. The number of hydrogen-bond donors (Lipinski definition) is 2. The molecule has 1 aliphatic heterocycles. The highest BCUT2D eigenvalue weighted by molar-refractivity contribution is 5.81. The molecule has 2 aromatic carbocycles. The lowest BCUT2D eigenvalue weighted by Crippen LogP contribution is -2.41. The number of aliphatic hydroxyl groups excluding tert-OH is 1. The molecule has 148 valence electrons. The zero-order valence-corrected chi connectivity index (χ0v) is 14.7. The van der Waals surface area contributed by atoms with Gasteiger partial charge in [-0.25, -0.2) is 0 Å². The van der Waals surface area contributed by atoms with Crippen molar-refractivity contribution >= 4 is 5.91 Å². The highest BCUT2D eigenvalue weighted by Crippen LogP contribution is 2.55. The number of amides is 1. The third-order valence-electron chi connectivity index (χ3n) is 5.28. The second-order valence-corrected chi connectivity index (χ2v) is 7.03. The van der Waals surface area contributed by atoms with Crippen LogP contribution in [0.2, 0.25) is 0 Å². The molecule has 4 rings (SSSR count). The molecule has 2 N–H and O–H groups in total. The molecule has 1 fully saturated rings. The van der Waals surface area contributed by atoms with E-state index in [1.807, 2.05) is 0 Å². The second-order valence-electron chi connectivity index (χ2n) is 7.03. The summed E-state index contributed by atoms with van der Waals surface area (Å²) in [6, 6.07) is 9.91. The molecule has 1 amide bonds. The van der Waals surface area contributed by atoms with E-state index in [0.29, 0.717) is 18.5 Å². The van der Waals surface area contributed by atoms with Crippen LogP contribution in [-0.4, -0.2) is 53.0 Å². The van der Waals surface area contributed by atoms with E-state index < -0.39 is 17.9 Å². The lowest BCUT2D eigenvalue weighted by Gasteiger charge is -2.28. The Bertz CT molecular complexity index is 930. The van der Waals surface area contributed by atoms with Gasteiger partial charge in [0.25, 0.3) is 5.91 Å². The fourth-order valence-corrected chi connectivity index (χ4v) is 3.84. The predicted octanol–water partition coefficient (Wildman–Crippen LogP) is 2.44. The van der Waals surface area contributed by atoms with Crippen LogP contribution < -0.4 is 4.74 Å². The van der Waals surface area contributed by atoms with Gasteiger partial charge in [-0.15, -0.1) is 0 Å². The minimum Gasteiger partial charge on any atom is -0.484 e. The van der Waals surface area contributed by atoms with E-state index in [9.17, 15) is 28.2 Å². The van der Waals surface area contributed by atoms with Crippen LogP contribution in [0.3, 0.4) is 0 Å². The molecule has 8 heteroatoms. The Morgan fingerprint density at radius 1 is 1.18 bits per heavy atom. The van der Waals surface area contributed by atoms with Crippen LogP contribution >= 0.6 is 0 Å². The maximum Gasteiger partial charge on any atom is 0.425 e. The SMILES string of the molecule is O=C(COc1ccc2c(c1)[C@@](O)(C(F)(F)F)c1ccccc1-2)N1CC[C@@H](O)C1. The molecular weight excluding hydrogens is 375 g/mol. The van der Waals surface area contributed by atoms with Crippen molar-refractivity contribution in [1.29, 1.82) is 0 Å². The summed E-state index contributed by atoms with van der Waals surface area (Å²) in [5.74, 6) is -0.297. The van der Waals surface area contributed by atoms with Crippen molar-refractivity contribution in [3.8, 4) is 16.9 Å². The molecule has 0 saturated carbocycles. The second kappa shape index (κ2) is 6.49. The van der Waals surface area contributed by atoms with Crippen molar-refractivity contribution in [3.05, 3.63) is 53.6 Å². The van der Waals surface area contributed by atoms with E-state index >= 15 is 0 Å². The third-order valence-corrected chi connectivity index (χ3v) is 5.28. The van der Waals surface area contributed by atoms with Gasteiger partial charge in [0, 0.05) is 24.2 Å². The fraction of sp³-hybridized carbons (Fsp3) is 0.350. The fourth-order valence-electron chi connectivity index (χ4n) is 3.84. The molecule has 2 atom stereocenters. The van der Waals surface area contributed by atoms with Gasteiger partial charge in [-0.2, -0.15) is 13.2 Å². The summed E-state index contributed by atoms with van der Waals surface area (Å²) in [5.41, 5.74) is -3.09. The number of rotatable bonds is 3. The lowest BCUT2D eigenvalue weighted by atomic mass is 9.91. The highest BCUT2D eigenvalue weighted by atomic mass is 19.4. The Hall–Kier alpha value is -2.58. The molecule has 28 heavy (non-hydrogen) atoms. The van der Waals surface area contributed by atoms with Crippen molar-refractivity contribution in [3.63, 3.8) is 0 Å². The van der Waals surface area contributed by atoms with Crippen molar-refractivity contribution in [2.24, 2.45) is 0 Å². The van der Waals surface area contributed by atoms with E-state index in [-0.39, 0.29) is 41.5 Å². The zero-order valence-electron chi connectivity index (χ0n) is 14.7. The molecular formula is C20H18F3NO4. The summed E-state index contributed by atoms with van der Waals surface area (Å²) in [7, 11) is 0. The average molecular weight is 393 g/mol. The van der Waals surface area contributed by atoms with Gasteiger partial charge < -0.3 is 19.8 Å². The number of hydrogen-bond acceptors (Lipinski definition) is 4. The number of aliphatic hydroxyl groups is 2. The molecule has 1 heterocycles. The Labute approximate surface area is 159 Å². The smallest absolute Gasteiger partial charge is 0.425 e. The number of benzene rings is 2. The average Bonchev–Trinajstić information content (AvgIpc) is 3.20. The molecule has 1 aliphatic carbocycles. The quantitative estimate of drug-likeness (QED) is 0.841. The van der Waals surface area contributed by atoms with E-state index in [4.69, 9.17) is 4.74 Å². The van der Waals surface area contributed by atoms with Gasteiger partial charge >= 0.3 is 6.18 Å². The van der Waals surface area contributed by atoms with Gasteiger partial charge in [-0.1, -0.05) is 30.3 Å².